The molecule has 0 aliphatic carbocycles. The minimum absolute atomic E-state index is 0.270. The van der Waals surface area contributed by atoms with Gasteiger partial charge >= 0.3 is 0 Å². The van der Waals surface area contributed by atoms with Crippen molar-refractivity contribution >= 4 is 0 Å². The van der Waals surface area contributed by atoms with E-state index in [1.165, 1.54) is 19.3 Å². The average Bonchev–Trinajstić information content (AvgIpc) is 2.38. The van der Waals surface area contributed by atoms with Gasteiger partial charge in [0.2, 0.25) is 0 Å². The third-order valence-electron chi connectivity index (χ3n) is 4.06. The van der Waals surface area contributed by atoms with E-state index in [1.807, 2.05) is 0 Å². The zero-order valence-corrected chi connectivity index (χ0v) is 14.0. The molecule has 0 spiro atoms. The van der Waals surface area contributed by atoms with Gasteiger partial charge in [-0.05, 0) is 44.4 Å². The van der Waals surface area contributed by atoms with Crippen molar-refractivity contribution in [2.24, 2.45) is 11.8 Å². The highest BCUT2D eigenvalue weighted by Gasteiger charge is 2.24. The normalized spacial score (nSPS) is 18.1. The molecule has 0 heterocycles. The van der Waals surface area contributed by atoms with Crippen LogP contribution in [0.2, 0.25) is 0 Å². The summed E-state index contributed by atoms with van der Waals surface area (Å²) in [6.45, 7) is 8.36. The molecule has 120 valence electrons. The minimum atomic E-state index is -0.421. The quantitative estimate of drug-likeness (QED) is 0.403. The van der Waals surface area contributed by atoms with Gasteiger partial charge < -0.3 is 10.2 Å². The van der Waals surface area contributed by atoms with Crippen molar-refractivity contribution in [1.29, 1.82) is 0 Å². The zero-order valence-electron chi connectivity index (χ0n) is 14.0. The Labute approximate surface area is 126 Å². The Morgan fingerprint density at radius 3 is 2.15 bits per heavy atom. The summed E-state index contributed by atoms with van der Waals surface area (Å²) in [6.07, 6.45) is 12.5. The van der Waals surface area contributed by atoms with Crippen molar-refractivity contribution in [2.45, 2.75) is 91.3 Å². The van der Waals surface area contributed by atoms with Crippen molar-refractivity contribution in [2.75, 3.05) is 0 Å². The van der Waals surface area contributed by atoms with E-state index in [9.17, 15) is 10.2 Å². The van der Waals surface area contributed by atoms with Gasteiger partial charge in [0.15, 0.2) is 0 Å². The lowest BCUT2D eigenvalue weighted by Crippen LogP contribution is -2.28. The molecule has 4 unspecified atom stereocenters. The van der Waals surface area contributed by atoms with Crippen LogP contribution in [-0.2, 0) is 0 Å². The molecule has 0 aromatic heterocycles. The van der Waals surface area contributed by atoms with Crippen LogP contribution in [0.15, 0.2) is 12.2 Å². The molecule has 0 rings (SSSR count). The van der Waals surface area contributed by atoms with Gasteiger partial charge in [-0.3, -0.25) is 0 Å². The van der Waals surface area contributed by atoms with Crippen molar-refractivity contribution in [3.63, 3.8) is 0 Å². The molecule has 4 atom stereocenters. The second-order valence-corrected chi connectivity index (χ2v) is 6.24. The van der Waals surface area contributed by atoms with E-state index in [0.29, 0.717) is 12.3 Å². The molecule has 0 fully saturated rings. The SMILES string of the molecule is CCCCCC=CC(C)C(CCCC)C(O)CC(C)O. The van der Waals surface area contributed by atoms with E-state index in [2.05, 4.69) is 32.9 Å². The summed E-state index contributed by atoms with van der Waals surface area (Å²) in [7, 11) is 0. The third kappa shape index (κ3) is 9.55. The first-order valence-electron chi connectivity index (χ1n) is 8.55. The molecule has 0 amide bonds. The van der Waals surface area contributed by atoms with Gasteiger partial charge in [-0.25, -0.2) is 0 Å². The summed E-state index contributed by atoms with van der Waals surface area (Å²) in [5.41, 5.74) is 0. The molecular weight excluding hydrogens is 248 g/mol. The summed E-state index contributed by atoms with van der Waals surface area (Å²) in [5.74, 6) is 0.656. The van der Waals surface area contributed by atoms with Crippen LogP contribution in [0.5, 0.6) is 0 Å². The number of allylic oxidation sites excluding steroid dienone is 2. The number of aliphatic hydroxyl groups is 2. The maximum absolute atomic E-state index is 10.3. The van der Waals surface area contributed by atoms with Crippen LogP contribution in [0.3, 0.4) is 0 Å². The lowest BCUT2D eigenvalue weighted by molar-refractivity contribution is 0.0338. The highest BCUT2D eigenvalue weighted by Crippen LogP contribution is 2.26. The first-order chi connectivity index (χ1) is 9.52. The molecule has 2 heteroatoms. The van der Waals surface area contributed by atoms with Crippen LogP contribution in [0.4, 0.5) is 0 Å². The second kappa shape index (κ2) is 12.4. The molecule has 0 radical (unpaired) electrons. The zero-order chi connectivity index (χ0) is 15.4. The standard InChI is InChI=1S/C18H36O2/c1-5-7-9-10-11-12-15(3)17(13-8-6-2)18(20)14-16(4)19/h11-12,15-20H,5-10,13-14H2,1-4H3. The maximum atomic E-state index is 10.3. The van der Waals surface area contributed by atoms with Gasteiger partial charge in [0.1, 0.15) is 0 Å². The van der Waals surface area contributed by atoms with Crippen LogP contribution in [0.1, 0.15) is 79.1 Å². The number of unbranched alkanes of at least 4 members (excludes halogenated alkanes) is 4. The van der Waals surface area contributed by atoms with Crippen LogP contribution in [-0.4, -0.2) is 22.4 Å². The van der Waals surface area contributed by atoms with E-state index >= 15 is 0 Å². The molecule has 2 N–H and O–H groups in total. The highest BCUT2D eigenvalue weighted by molar-refractivity contribution is 4.92. The van der Waals surface area contributed by atoms with Gasteiger partial charge in [0.05, 0.1) is 12.2 Å². The maximum Gasteiger partial charge on any atom is 0.0598 e. The molecular formula is C18H36O2. The van der Waals surface area contributed by atoms with Crippen molar-refractivity contribution < 1.29 is 10.2 Å². The minimum Gasteiger partial charge on any atom is -0.393 e. The van der Waals surface area contributed by atoms with Gasteiger partial charge in [0.25, 0.3) is 0 Å². The molecule has 0 aromatic carbocycles. The van der Waals surface area contributed by atoms with E-state index in [1.54, 1.807) is 6.92 Å². The first-order valence-corrected chi connectivity index (χ1v) is 8.55. The van der Waals surface area contributed by atoms with Crippen LogP contribution >= 0.6 is 0 Å². The van der Waals surface area contributed by atoms with E-state index in [0.717, 1.165) is 25.7 Å². The Kier molecular flexibility index (Phi) is 12.2. The Hall–Kier alpha value is -0.340. The number of hydrogen-bond donors (Lipinski definition) is 2. The number of aliphatic hydroxyl groups excluding tert-OH is 2. The van der Waals surface area contributed by atoms with Crippen molar-refractivity contribution in [3.8, 4) is 0 Å². The smallest absolute Gasteiger partial charge is 0.0598 e. The van der Waals surface area contributed by atoms with Gasteiger partial charge in [-0.15, -0.1) is 0 Å². The lowest BCUT2D eigenvalue weighted by Gasteiger charge is -2.28. The Balaban J connectivity index is 4.35. The molecule has 2 nitrogen and oxygen atoms in total. The van der Waals surface area contributed by atoms with Crippen LogP contribution < -0.4 is 0 Å². The Morgan fingerprint density at radius 1 is 0.950 bits per heavy atom. The highest BCUT2D eigenvalue weighted by atomic mass is 16.3. The fourth-order valence-electron chi connectivity index (χ4n) is 2.74. The number of hydrogen-bond acceptors (Lipinski definition) is 2. The largest absolute Gasteiger partial charge is 0.393 e. The predicted molar refractivity (Wildman–Crippen MR) is 87.8 cm³/mol. The molecule has 20 heavy (non-hydrogen) atoms. The van der Waals surface area contributed by atoms with Gasteiger partial charge in [-0.1, -0.05) is 58.6 Å². The van der Waals surface area contributed by atoms with Gasteiger partial charge in [-0.2, -0.15) is 0 Å². The summed E-state index contributed by atoms with van der Waals surface area (Å²) >= 11 is 0. The summed E-state index contributed by atoms with van der Waals surface area (Å²) in [4.78, 5) is 0. The van der Waals surface area contributed by atoms with E-state index in [4.69, 9.17) is 0 Å². The topological polar surface area (TPSA) is 40.5 Å². The van der Waals surface area contributed by atoms with Crippen molar-refractivity contribution in [1.82, 2.24) is 0 Å². The molecule has 0 saturated carbocycles. The monoisotopic (exact) mass is 284 g/mol. The average molecular weight is 284 g/mol. The fourth-order valence-corrected chi connectivity index (χ4v) is 2.74. The van der Waals surface area contributed by atoms with Crippen molar-refractivity contribution in [3.05, 3.63) is 12.2 Å². The predicted octanol–water partition coefficient (Wildman–Crippen LogP) is 4.70. The summed E-state index contributed by atoms with van der Waals surface area (Å²) < 4.78 is 0. The summed E-state index contributed by atoms with van der Waals surface area (Å²) in [5, 5.41) is 19.8. The third-order valence-corrected chi connectivity index (χ3v) is 4.06. The molecule has 0 aromatic rings. The second-order valence-electron chi connectivity index (χ2n) is 6.24. The Morgan fingerprint density at radius 2 is 1.60 bits per heavy atom. The molecule has 0 saturated heterocycles. The van der Waals surface area contributed by atoms with Crippen LogP contribution in [0, 0.1) is 11.8 Å². The molecule has 0 aliphatic rings. The van der Waals surface area contributed by atoms with Gasteiger partial charge in [0, 0.05) is 0 Å². The molecule has 0 bridgehead atoms. The Bertz CT molecular complexity index is 236. The van der Waals surface area contributed by atoms with Crippen LogP contribution in [0.25, 0.3) is 0 Å². The van der Waals surface area contributed by atoms with E-state index < -0.39 is 12.2 Å². The molecule has 0 aliphatic heterocycles. The lowest BCUT2D eigenvalue weighted by atomic mass is 9.82. The first kappa shape index (κ1) is 19.7. The summed E-state index contributed by atoms with van der Waals surface area (Å²) in [6, 6.07) is 0. The van der Waals surface area contributed by atoms with E-state index in [-0.39, 0.29) is 5.92 Å². The number of rotatable bonds is 12. The fraction of sp³-hybridized carbons (Fsp3) is 0.889.